The van der Waals surface area contributed by atoms with Crippen LogP contribution in [-0.4, -0.2) is 69.5 Å². The molecule has 2 aromatic carbocycles. The van der Waals surface area contributed by atoms with E-state index in [0.29, 0.717) is 23.8 Å². The Hall–Kier alpha value is -2.28. The van der Waals surface area contributed by atoms with Crippen LogP contribution in [0.5, 0.6) is 11.5 Å². The average molecular weight is 446 g/mol. The number of ether oxygens (including phenoxy) is 3. The minimum absolute atomic E-state index is 0.0853. The topological polar surface area (TPSA) is 52.4 Å². The summed E-state index contributed by atoms with van der Waals surface area (Å²) in [5, 5.41) is 0.708. The molecule has 0 aliphatic carbocycles. The van der Waals surface area contributed by atoms with Gasteiger partial charge in [-0.1, -0.05) is 11.6 Å². The van der Waals surface area contributed by atoms with Gasteiger partial charge in [-0.25, -0.2) is 0 Å². The van der Waals surface area contributed by atoms with Crippen molar-refractivity contribution in [2.45, 2.75) is 18.9 Å². The number of carbonyl (C=O) groups excluding carboxylic acids is 1. The molecule has 1 unspecified atom stereocenters. The summed E-state index contributed by atoms with van der Waals surface area (Å²) in [7, 11) is 0. The van der Waals surface area contributed by atoms with Crippen LogP contribution in [0.25, 0.3) is 0 Å². The number of carbonyl (C=O) groups is 1. The lowest BCUT2D eigenvalue weighted by atomic mass is 10.1. The molecule has 2 aromatic rings. The first-order valence-electron chi connectivity index (χ1n) is 11.0. The summed E-state index contributed by atoms with van der Waals surface area (Å²) in [6, 6.07) is 14.9. The molecule has 31 heavy (non-hydrogen) atoms. The van der Waals surface area contributed by atoms with E-state index in [0.717, 1.165) is 63.7 Å². The fraction of sp³-hybridized carbons (Fsp3) is 0.458. The van der Waals surface area contributed by atoms with Gasteiger partial charge in [0.05, 0.1) is 32.3 Å². The summed E-state index contributed by atoms with van der Waals surface area (Å²) in [4.78, 5) is 16.2. The number of rotatable bonds is 8. The molecule has 1 N–H and O–H groups in total. The Kier molecular flexibility index (Phi) is 7.67. The average Bonchev–Trinajstić information content (AvgIpc) is 3.33. The van der Waals surface area contributed by atoms with Crippen LogP contribution in [0.2, 0.25) is 5.02 Å². The summed E-state index contributed by atoms with van der Waals surface area (Å²) >= 11 is 5.89. The van der Waals surface area contributed by atoms with E-state index in [2.05, 4.69) is 0 Å². The third kappa shape index (κ3) is 6.35. The molecule has 2 saturated heterocycles. The van der Waals surface area contributed by atoms with Crippen molar-refractivity contribution in [1.82, 2.24) is 4.90 Å². The van der Waals surface area contributed by atoms with Gasteiger partial charge in [-0.2, -0.15) is 0 Å². The fourth-order valence-electron chi connectivity index (χ4n) is 3.96. The highest BCUT2D eigenvalue weighted by Crippen LogP contribution is 2.18. The second kappa shape index (κ2) is 10.8. The van der Waals surface area contributed by atoms with E-state index in [1.54, 1.807) is 0 Å². The third-order valence-corrected chi connectivity index (χ3v) is 6.11. The van der Waals surface area contributed by atoms with Gasteiger partial charge in [0.1, 0.15) is 31.3 Å². The van der Waals surface area contributed by atoms with Gasteiger partial charge in [-0.05, 0) is 61.4 Å². The Morgan fingerprint density at radius 2 is 1.71 bits per heavy atom. The molecular weight excluding hydrogens is 416 g/mol. The molecule has 6 nitrogen and oxygen atoms in total. The molecule has 7 heteroatoms. The second-order valence-electron chi connectivity index (χ2n) is 8.06. The van der Waals surface area contributed by atoms with Crippen molar-refractivity contribution in [1.29, 1.82) is 0 Å². The lowest BCUT2D eigenvalue weighted by Crippen LogP contribution is -3.15. The molecule has 0 aromatic heterocycles. The normalized spacial score (nSPS) is 19.4. The van der Waals surface area contributed by atoms with Crippen LogP contribution in [0.3, 0.4) is 0 Å². The number of benzene rings is 2. The number of hydrogen-bond acceptors (Lipinski definition) is 4. The second-order valence-corrected chi connectivity index (χ2v) is 8.50. The van der Waals surface area contributed by atoms with Crippen LogP contribution in [0, 0.1) is 0 Å². The predicted octanol–water partition coefficient (Wildman–Crippen LogP) is 2.32. The molecule has 2 fully saturated rings. The third-order valence-electron chi connectivity index (χ3n) is 5.86. The van der Waals surface area contributed by atoms with Crippen molar-refractivity contribution in [2.75, 3.05) is 52.5 Å². The van der Waals surface area contributed by atoms with E-state index < -0.39 is 0 Å². The molecule has 1 atom stereocenters. The lowest BCUT2D eigenvalue weighted by molar-refractivity contribution is -0.903. The molecule has 0 radical (unpaired) electrons. The largest absolute Gasteiger partial charge is 0.491 e. The summed E-state index contributed by atoms with van der Waals surface area (Å²) in [5.74, 6) is 1.70. The Morgan fingerprint density at radius 1 is 1.03 bits per heavy atom. The van der Waals surface area contributed by atoms with E-state index in [1.165, 1.54) is 4.90 Å². The van der Waals surface area contributed by atoms with Gasteiger partial charge in [-0.3, -0.25) is 4.79 Å². The van der Waals surface area contributed by atoms with E-state index in [4.69, 9.17) is 25.8 Å². The smallest absolute Gasteiger partial charge is 0.254 e. The van der Waals surface area contributed by atoms with Crippen LogP contribution < -0.4 is 14.4 Å². The van der Waals surface area contributed by atoms with E-state index in [-0.39, 0.29) is 12.0 Å². The van der Waals surface area contributed by atoms with Crippen LogP contribution >= 0.6 is 11.6 Å². The Balaban J connectivity index is 1.17. The summed E-state index contributed by atoms with van der Waals surface area (Å²) < 4.78 is 17.2. The maximum Gasteiger partial charge on any atom is 0.254 e. The predicted molar refractivity (Wildman–Crippen MR) is 119 cm³/mol. The van der Waals surface area contributed by atoms with Crippen LogP contribution in [0.4, 0.5) is 0 Å². The maximum absolute atomic E-state index is 12.8. The van der Waals surface area contributed by atoms with Crippen molar-refractivity contribution in [2.24, 2.45) is 0 Å². The van der Waals surface area contributed by atoms with Gasteiger partial charge in [0, 0.05) is 17.2 Å². The Morgan fingerprint density at radius 3 is 2.39 bits per heavy atom. The monoisotopic (exact) mass is 445 g/mol. The first-order chi connectivity index (χ1) is 15.2. The molecule has 1 amide bonds. The summed E-state index contributed by atoms with van der Waals surface area (Å²) in [6.45, 7) is 6.33. The number of nitrogens with zero attached hydrogens (tertiary/aromatic N) is 1. The van der Waals surface area contributed by atoms with Gasteiger partial charge < -0.3 is 24.0 Å². The zero-order valence-electron chi connectivity index (χ0n) is 17.7. The molecule has 2 aliphatic heterocycles. The van der Waals surface area contributed by atoms with Crippen LogP contribution in [0.1, 0.15) is 23.2 Å². The molecule has 4 rings (SSSR count). The zero-order valence-corrected chi connectivity index (χ0v) is 18.5. The number of nitrogens with one attached hydrogen (secondary N) is 1. The molecular formula is C24H30ClN2O4+. The minimum atomic E-state index is 0.0853. The number of piperazine rings is 1. The van der Waals surface area contributed by atoms with Gasteiger partial charge in [0.25, 0.3) is 5.91 Å². The Bertz CT molecular complexity index is 830. The van der Waals surface area contributed by atoms with Gasteiger partial charge in [0.2, 0.25) is 0 Å². The lowest BCUT2D eigenvalue weighted by Gasteiger charge is -2.32. The summed E-state index contributed by atoms with van der Waals surface area (Å²) in [5.41, 5.74) is 0.707. The van der Waals surface area contributed by atoms with Crippen molar-refractivity contribution in [3.63, 3.8) is 0 Å². The van der Waals surface area contributed by atoms with E-state index >= 15 is 0 Å². The molecule has 166 valence electrons. The zero-order chi connectivity index (χ0) is 21.5. The van der Waals surface area contributed by atoms with E-state index in [1.807, 2.05) is 53.4 Å². The molecule has 0 saturated carbocycles. The van der Waals surface area contributed by atoms with Crippen molar-refractivity contribution in [3.8, 4) is 11.5 Å². The highest BCUT2D eigenvalue weighted by molar-refractivity contribution is 6.30. The SMILES string of the molecule is O=C(c1ccc(OCC2CCCO2)cc1)N1CC[NH+](CCOc2ccc(Cl)cc2)CC1. The molecule has 0 spiro atoms. The first-order valence-corrected chi connectivity index (χ1v) is 11.4. The van der Waals surface area contributed by atoms with E-state index in [9.17, 15) is 4.79 Å². The number of hydrogen-bond donors (Lipinski definition) is 1. The van der Waals surface area contributed by atoms with Crippen LogP contribution in [-0.2, 0) is 4.74 Å². The Labute approximate surface area is 188 Å². The van der Waals surface area contributed by atoms with Crippen molar-refractivity contribution < 1.29 is 23.9 Å². The number of halogens is 1. The molecule has 2 aliphatic rings. The first kappa shape index (κ1) is 21.9. The quantitative estimate of drug-likeness (QED) is 0.677. The van der Waals surface area contributed by atoms with Crippen molar-refractivity contribution >= 4 is 17.5 Å². The molecule has 2 heterocycles. The number of quaternary nitrogens is 1. The summed E-state index contributed by atoms with van der Waals surface area (Å²) in [6.07, 6.45) is 2.35. The minimum Gasteiger partial charge on any atom is -0.491 e. The fourth-order valence-corrected chi connectivity index (χ4v) is 4.09. The molecule has 0 bridgehead atoms. The van der Waals surface area contributed by atoms with Gasteiger partial charge >= 0.3 is 0 Å². The van der Waals surface area contributed by atoms with Gasteiger partial charge in [0.15, 0.2) is 0 Å². The van der Waals surface area contributed by atoms with Crippen LogP contribution in [0.15, 0.2) is 48.5 Å². The van der Waals surface area contributed by atoms with Gasteiger partial charge in [-0.15, -0.1) is 0 Å². The van der Waals surface area contributed by atoms with Crippen molar-refractivity contribution in [3.05, 3.63) is 59.1 Å². The standard InChI is InChI=1S/C24H29ClN2O4/c25-20-5-9-21(10-6-20)30-17-15-26-11-13-27(14-12-26)24(28)19-3-7-22(8-4-19)31-18-23-2-1-16-29-23/h3-10,23H,1-2,11-18H2/p+1. The number of amides is 1. The maximum atomic E-state index is 12.8. The highest BCUT2D eigenvalue weighted by atomic mass is 35.5. The highest BCUT2D eigenvalue weighted by Gasteiger charge is 2.24.